The molecule has 0 amide bonds. The zero-order valence-electron chi connectivity index (χ0n) is 23.8. The fraction of sp³-hybridized carbons (Fsp3) is 0.290. The van der Waals surface area contributed by atoms with Gasteiger partial charge in [-0.2, -0.15) is 0 Å². The molecule has 10 heteroatoms. The SMILES string of the molecule is COc1ccc(Cn2nnnc2CN(CCc2ccc(OC)c(OC)c2)Cc2cc3cccc(C)c3[nH]c2=O)cc1. The van der Waals surface area contributed by atoms with Crippen LogP contribution in [0.2, 0.25) is 0 Å². The van der Waals surface area contributed by atoms with Crippen LogP contribution >= 0.6 is 0 Å². The van der Waals surface area contributed by atoms with Gasteiger partial charge in [-0.1, -0.05) is 36.4 Å². The number of hydrogen-bond acceptors (Lipinski definition) is 8. The lowest BCUT2D eigenvalue weighted by molar-refractivity contribution is 0.247. The Labute approximate surface area is 238 Å². The van der Waals surface area contributed by atoms with Crippen molar-refractivity contribution in [3.8, 4) is 17.2 Å². The second-order valence-corrected chi connectivity index (χ2v) is 9.91. The van der Waals surface area contributed by atoms with E-state index in [4.69, 9.17) is 14.2 Å². The number of aromatic nitrogens is 5. The molecule has 41 heavy (non-hydrogen) atoms. The summed E-state index contributed by atoms with van der Waals surface area (Å²) in [6.45, 7) is 4.07. The topological polar surface area (TPSA) is 107 Å². The van der Waals surface area contributed by atoms with Crippen LogP contribution in [0.1, 0.15) is 28.1 Å². The Morgan fingerprint density at radius 2 is 1.66 bits per heavy atom. The van der Waals surface area contributed by atoms with Gasteiger partial charge in [0.25, 0.3) is 5.56 Å². The average molecular weight is 555 g/mol. The van der Waals surface area contributed by atoms with Crippen LogP contribution in [0.15, 0.2) is 71.5 Å². The number of rotatable bonds is 12. The first-order valence-electron chi connectivity index (χ1n) is 13.4. The number of nitrogens with one attached hydrogen (secondary N) is 1. The summed E-state index contributed by atoms with van der Waals surface area (Å²) in [5, 5.41) is 13.5. The Kier molecular flexibility index (Phi) is 8.59. The van der Waals surface area contributed by atoms with Crippen molar-refractivity contribution in [3.05, 3.63) is 105 Å². The molecule has 5 aromatic rings. The van der Waals surface area contributed by atoms with E-state index < -0.39 is 0 Å². The summed E-state index contributed by atoms with van der Waals surface area (Å²) in [5.74, 6) is 2.87. The highest BCUT2D eigenvalue weighted by atomic mass is 16.5. The summed E-state index contributed by atoms with van der Waals surface area (Å²) in [4.78, 5) is 18.4. The second-order valence-electron chi connectivity index (χ2n) is 9.91. The number of pyridine rings is 1. The third-order valence-corrected chi connectivity index (χ3v) is 7.19. The van der Waals surface area contributed by atoms with Crippen LogP contribution in [0, 0.1) is 6.92 Å². The maximum absolute atomic E-state index is 13.1. The summed E-state index contributed by atoms with van der Waals surface area (Å²) < 4.78 is 18.0. The lowest BCUT2D eigenvalue weighted by atomic mass is 10.1. The van der Waals surface area contributed by atoms with E-state index >= 15 is 0 Å². The highest BCUT2D eigenvalue weighted by Gasteiger charge is 2.17. The Morgan fingerprint density at radius 1 is 0.878 bits per heavy atom. The van der Waals surface area contributed by atoms with Crippen molar-refractivity contribution in [2.45, 2.75) is 33.0 Å². The molecule has 0 fully saturated rings. The predicted octanol–water partition coefficient (Wildman–Crippen LogP) is 4.14. The lowest BCUT2D eigenvalue weighted by Gasteiger charge is -2.22. The third kappa shape index (κ3) is 6.55. The molecule has 0 atom stereocenters. The van der Waals surface area contributed by atoms with Gasteiger partial charge in [0.1, 0.15) is 5.75 Å². The van der Waals surface area contributed by atoms with Crippen molar-refractivity contribution in [2.24, 2.45) is 0 Å². The number of aromatic amines is 1. The molecule has 0 aliphatic heterocycles. The van der Waals surface area contributed by atoms with Crippen molar-refractivity contribution >= 4 is 10.9 Å². The average Bonchev–Trinajstić information content (AvgIpc) is 3.43. The van der Waals surface area contributed by atoms with Gasteiger partial charge in [-0.15, -0.1) is 5.10 Å². The molecule has 0 radical (unpaired) electrons. The Balaban J connectivity index is 1.41. The summed E-state index contributed by atoms with van der Waals surface area (Å²) in [6, 6.07) is 21.7. The van der Waals surface area contributed by atoms with Gasteiger partial charge >= 0.3 is 0 Å². The van der Waals surface area contributed by atoms with Crippen molar-refractivity contribution in [3.63, 3.8) is 0 Å². The van der Waals surface area contributed by atoms with Gasteiger partial charge in [-0.25, -0.2) is 4.68 Å². The van der Waals surface area contributed by atoms with Crippen molar-refractivity contribution in [1.29, 1.82) is 0 Å². The number of nitrogens with zero attached hydrogens (tertiary/aromatic N) is 5. The largest absolute Gasteiger partial charge is 0.497 e. The highest BCUT2D eigenvalue weighted by Crippen LogP contribution is 2.28. The Bertz CT molecular complexity index is 1680. The first-order chi connectivity index (χ1) is 20.0. The van der Waals surface area contributed by atoms with Crippen molar-refractivity contribution < 1.29 is 14.2 Å². The molecule has 2 heterocycles. The molecule has 1 N–H and O–H groups in total. The van der Waals surface area contributed by atoms with E-state index in [1.54, 1.807) is 26.0 Å². The third-order valence-electron chi connectivity index (χ3n) is 7.19. The number of methoxy groups -OCH3 is 3. The minimum atomic E-state index is -0.0965. The fourth-order valence-electron chi connectivity index (χ4n) is 4.89. The van der Waals surface area contributed by atoms with Gasteiger partial charge in [0.15, 0.2) is 17.3 Å². The number of fused-ring (bicyclic) bond motifs is 1. The van der Waals surface area contributed by atoms with Crippen LogP contribution in [-0.4, -0.2) is 58.0 Å². The zero-order valence-corrected chi connectivity index (χ0v) is 23.8. The minimum absolute atomic E-state index is 0.0965. The van der Waals surface area contributed by atoms with Gasteiger partial charge in [0, 0.05) is 18.7 Å². The fourth-order valence-corrected chi connectivity index (χ4v) is 4.89. The van der Waals surface area contributed by atoms with Crippen LogP contribution in [0.25, 0.3) is 10.9 Å². The Hall–Kier alpha value is -4.70. The number of benzene rings is 3. The number of aryl methyl sites for hydroxylation is 1. The Morgan fingerprint density at radius 3 is 2.41 bits per heavy atom. The minimum Gasteiger partial charge on any atom is -0.497 e. The number of tetrazole rings is 1. The molecule has 3 aromatic carbocycles. The summed E-state index contributed by atoms with van der Waals surface area (Å²) in [7, 11) is 4.90. The molecule has 10 nitrogen and oxygen atoms in total. The quantitative estimate of drug-likeness (QED) is 0.245. The molecule has 0 saturated heterocycles. The first-order valence-corrected chi connectivity index (χ1v) is 13.4. The van der Waals surface area contributed by atoms with E-state index in [9.17, 15) is 4.79 Å². The molecule has 5 rings (SSSR count). The number of ether oxygens (including phenoxy) is 3. The standard InChI is InChI=1S/C31H34N6O4/c1-21-6-5-7-24-17-25(31(38)32-30(21)24)19-36(15-14-22-10-13-27(40-3)28(16-22)41-4)20-29-33-34-35-37(29)18-23-8-11-26(39-2)12-9-23/h5-13,16-17H,14-15,18-20H2,1-4H3,(H,32,38). The number of H-pyrrole nitrogens is 1. The summed E-state index contributed by atoms with van der Waals surface area (Å²) in [5.41, 5.74) is 4.63. The van der Waals surface area contributed by atoms with Crippen LogP contribution in [0.4, 0.5) is 0 Å². The molecule has 0 bridgehead atoms. The summed E-state index contributed by atoms with van der Waals surface area (Å²) >= 11 is 0. The molecule has 2 aromatic heterocycles. The predicted molar refractivity (Wildman–Crippen MR) is 157 cm³/mol. The second kappa shape index (κ2) is 12.6. The lowest BCUT2D eigenvalue weighted by Crippen LogP contribution is -2.30. The first kappa shape index (κ1) is 27.9. The molecule has 0 unspecified atom stereocenters. The van der Waals surface area contributed by atoms with E-state index in [0.717, 1.165) is 39.8 Å². The van der Waals surface area contributed by atoms with Gasteiger partial charge in [0.2, 0.25) is 0 Å². The zero-order chi connectivity index (χ0) is 28.8. The van der Waals surface area contributed by atoms with Gasteiger partial charge < -0.3 is 19.2 Å². The molecular weight excluding hydrogens is 520 g/mol. The van der Waals surface area contributed by atoms with Crippen molar-refractivity contribution in [2.75, 3.05) is 27.9 Å². The van der Waals surface area contributed by atoms with Crippen molar-refractivity contribution in [1.82, 2.24) is 30.1 Å². The number of hydrogen-bond donors (Lipinski definition) is 1. The van der Waals surface area contributed by atoms with E-state index in [1.165, 1.54) is 0 Å². The van der Waals surface area contributed by atoms with Crippen LogP contribution in [0.5, 0.6) is 17.2 Å². The molecular formula is C31H34N6O4. The molecule has 0 aliphatic rings. The monoisotopic (exact) mass is 554 g/mol. The maximum Gasteiger partial charge on any atom is 0.252 e. The molecule has 0 aliphatic carbocycles. The maximum atomic E-state index is 13.1. The molecule has 212 valence electrons. The normalized spacial score (nSPS) is 11.2. The summed E-state index contributed by atoms with van der Waals surface area (Å²) in [6.07, 6.45) is 0.727. The van der Waals surface area contributed by atoms with E-state index in [-0.39, 0.29) is 5.56 Å². The molecule has 0 spiro atoms. The van der Waals surface area contributed by atoms with Crippen LogP contribution in [-0.2, 0) is 26.1 Å². The van der Waals surface area contributed by atoms with E-state index in [2.05, 4.69) is 25.4 Å². The van der Waals surface area contributed by atoms with E-state index in [0.29, 0.717) is 49.1 Å². The van der Waals surface area contributed by atoms with Gasteiger partial charge in [-0.3, -0.25) is 9.69 Å². The molecule has 0 saturated carbocycles. The number of para-hydroxylation sites is 1. The van der Waals surface area contributed by atoms with Gasteiger partial charge in [0.05, 0.1) is 39.9 Å². The van der Waals surface area contributed by atoms with Crippen LogP contribution < -0.4 is 19.8 Å². The van der Waals surface area contributed by atoms with Gasteiger partial charge in [-0.05, 0) is 76.2 Å². The van der Waals surface area contributed by atoms with E-state index in [1.807, 2.05) is 73.7 Å². The highest BCUT2D eigenvalue weighted by molar-refractivity contribution is 5.81. The smallest absolute Gasteiger partial charge is 0.252 e. The van der Waals surface area contributed by atoms with Crippen LogP contribution in [0.3, 0.4) is 0 Å².